The van der Waals surface area contributed by atoms with Gasteiger partial charge in [0, 0.05) is 18.5 Å². The number of amidine groups is 1. The summed E-state index contributed by atoms with van der Waals surface area (Å²) < 4.78 is 0. The van der Waals surface area contributed by atoms with Crippen molar-refractivity contribution in [3.05, 3.63) is 54.4 Å². The van der Waals surface area contributed by atoms with E-state index in [4.69, 9.17) is 5.73 Å². The van der Waals surface area contributed by atoms with Crippen LogP contribution in [0.1, 0.15) is 18.2 Å². The van der Waals surface area contributed by atoms with Crippen LogP contribution < -0.4 is 10.7 Å². The highest BCUT2D eigenvalue weighted by atomic mass is 15.2. The third kappa shape index (κ3) is 2.94. The van der Waals surface area contributed by atoms with Gasteiger partial charge in [0.25, 0.3) is 0 Å². The number of nitrogens with one attached hydrogen (secondary N) is 1. The Labute approximate surface area is 104 Å². The summed E-state index contributed by atoms with van der Waals surface area (Å²) in [4.78, 5) is 10.9. The maximum Gasteiger partial charge on any atom is 0.176 e. The Morgan fingerprint density at radius 1 is 1.33 bits per heavy atom. The van der Waals surface area contributed by atoms with Crippen molar-refractivity contribution in [1.82, 2.24) is 9.97 Å². The summed E-state index contributed by atoms with van der Waals surface area (Å²) in [7, 11) is 0. The first-order valence-corrected chi connectivity index (χ1v) is 5.38. The van der Waals surface area contributed by atoms with E-state index in [1.54, 1.807) is 18.6 Å². The zero-order valence-electron chi connectivity index (χ0n) is 9.91. The summed E-state index contributed by atoms with van der Waals surface area (Å²) in [5.41, 5.74) is 7.98. The van der Waals surface area contributed by atoms with E-state index in [1.165, 1.54) is 0 Å². The Balaban J connectivity index is 2.20. The standard InChI is InChI=1S/C12H12N6/c1-9(10-3-2-4-14-7-10)17-18-12(13)11-8-15-5-6-16-11/h2-8H,1H3,(H2,13,18)/p+1/b17-9-. The molecule has 0 fully saturated rings. The molecule has 2 aromatic heterocycles. The van der Waals surface area contributed by atoms with E-state index >= 15 is 0 Å². The van der Waals surface area contributed by atoms with Gasteiger partial charge in [0.2, 0.25) is 0 Å². The third-order valence-corrected chi connectivity index (χ3v) is 2.26. The normalized spacial score (nSPS) is 12.5. The fourth-order valence-corrected chi connectivity index (χ4v) is 1.29. The first-order valence-electron chi connectivity index (χ1n) is 5.38. The fraction of sp³-hybridized carbons (Fsp3) is 0.0833. The molecule has 0 spiro atoms. The molecule has 90 valence electrons. The summed E-state index contributed by atoms with van der Waals surface area (Å²) in [6.07, 6.45) is 8.34. The Morgan fingerprint density at radius 3 is 2.89 bits per heavy atom. The number of H-pyrrole nitrogens is 1. The van der Waals surface area contributed by atoms with E-state index in [9.17, 15) is 0 Å². The monoisotopic (exact) mass is 241 g/mol. The number of pyridine rings is 1. The average Bonchev–Trinajstić information content (AvgIpc) is 2.46. The molecule has 0 aliphatic rings. The van der Waals surface area contributed by atoms with Gasteiger partial charge >= 0.3 is 0 Å². The smallest absolute Gasteiger partial charge is 0.176 e. The van der Waals surface area contributed by atoms with E-state index in [0.29, 0.717) is 5.69 Å². The Hall–Kier alpha value is -2.63. The van der Waals surface area contributed by atoms with Crippen molar-refractivity contribution in [3.8, 4) is 0 Å². The van der Waals surface area contributed by atoms with Crippen LogP contribution in [0.4, 0.5) is 0 Å². The molecule has 2 heterocycles. The topological polar surface area (TPSA) is 90.7 Å². The number of nitrogens with zero attached hydrogens (tertiary/aromatic N) is 4. The van der Waals surface area contributed by atoms with Crippen molar-refractivity contribution >= 4 is 11.5 Å². The molecule has 0 saturated heterocycles. The van der Waals surface area contributed by atoms with Gasteiger partial charge in [-0.05, 0) is 13.0 Å². The lowest BCUT2D eigenvalue weighted by molar-refractivity contribution is -0.378. The second-order valence-corrected chi connectivity index (χ2v) is 3.55. The molecule has 2 aromatic rings. The number of hydrogen-bond donors (Lipinski definition) is 1. The molecule has 0 unspecified atom stereocenters. The van der Waals surface area contributed by atoms with Crippen molar-refractivity contribution < 1.29 is 4.98 Å². The lowest BCUT2D eigenvalue weighted by Gasteiger charge is -1.97. The van der Waals surface area contributed by atoms with E-state index in [2.05, 4.69) is 25.2 Å². The van der Waals surface area contributed by atoms with Crippen molar-refractivity contribution in [2.45, 2.75) is 6.92 Å². The number of nitrogens with two attached hydrogens (primary N) is 1. The van der Waals surface area contributed by atoms with E-state index in [1.807, 2.05) is 31.5 Å². The van der Waals surface area contributed by atoms with Gasteiger partial charge in [-0.2, -0.15) is 5.10 Å². The average molecular weight is 241 g/mol. The van der Waals surface area contributed by atoms with Gasteiger partial charge in [-0.1, -0.05) is 0 Å². The molecule has 3 N–H and O–H groups in total. The zero-order chi connectivity index (χ0) is 12.8. The maximum atomic E-state index is 5.75. The van der Waals surface area contributed by atoms with Crippen molar-refractivity contribution in [2.75, 3.05) is 0 Å². The van der Waals surface area contributed by atoms with Crippen LogP contribution in [0.2, 0.25) is 0 Å². The Bertz CT molecular complexity index is 508. The molecule has 18 heavy (non-hydrogen) atoms. The minimum Gasteiger partial charge on any atom is -0.380 e. The van der Waals surface area contributed by atoms with Crippen LogP contribution in [-0.2, 0) is 0 Å². The van der Waals surface area contributed by atoms with Crippen LogP contribution in [-0.4, -0.2) is 21.5 Å². The molecule has 6 heteroatoms. The highest BCUT2D eigenvalue weighted by Crippen LogP contribution is 1.98. The molecule has 0 atom stereocenters. The molecular weight excluding hydrogens is 228 g/mol. The lowest BCUT2D eigenvalue weighted by Crippen LogP contribution is -2.15. The highest BCUT2D eigenvalue weighted by Gasteiger charge is 2.01. The Kier molecular flexibility index (Phi) is 3.70. The van der Waals surface area contributed by atoms with Gasteiger partial charge < -0.3 is 5.73 Å². The summed E-state index contributed by atoms with van der Waals surface area (Å²) >= 11 is 0. The molecule has 0 radical (unpaired) electrons. The molecule has 0 bridgehead atoms. The number of rotatable bonds is 3. The minimum absolute atomic E-state index is 0.238. The number of aromatic amines is 1. The van der Waals surface area contributed by atoms with Crippen LogP contribution in [0.5, 0.6) is 0 Å². The molecule has 0 aliphatic carbocycles. The Morgan fingerprint density at radius 2 is 2.22 bits per heavy atom. The third-order valence-electron chi connectivity index (χ3n) is 2.26. The van der Waals surface area contributed by atoms with Gasteiger partial charge in [0.05, 0.1) is 17.5 Å². The number of aromatic nitrogens is 3. The lowest BCUT2D eigenvalue weighted by atomic mass is 10.2. The van der Waals surface area contributed by atoms with Crippen molar-refractivity contribution in [1.29, 1.82) is 0 Å². The largest absolute Gasteiger partial charge is 0.380 e. The molecule has 6 nitrogen and oxygen atoms in total. The highest BCUT2D eigenvalue weighted by molar-refractivity contribution is 6.00. The number of hydrogen-bond acceptors (Lipinski definition) is 4. The maximum absolute atomic E-state index is 5.75. The molecule has 0 saturated carbocycles. The summed E-state index contributed by atoms with van der Waals surface area (Å²) in [6, 6.07) is 3.83. The summed E-state index contributed by atoms with van der Waals surface area (Å²) in [5.74, 6) is 0.238. The zero-order valence-corrected chi connectivity index (χ0v) is 9.91. The van der Waals surface area contributed by atoms with Crippen LogP contribution in [0.3, 0.4) is 0 Å². The van der Waals surface area contributed by atoms with Crippen LogP contribution >= 0.6 is 0 Å². The van der Waals surface area contributed by atoms with E-state index in [-0.39, 0.29) is 5.84 Å². The van der Waals surface area contributed by atoms with Crippen molar-refractivity contribution in [2.24, 2.45) is 15.9 Å². The van der Waals surface area contributed by atoms with Crippen LogP contribution in [0, 0.1) is 0 Å². The molecule has 0 aromatic carbocycles. The van der Waals surface area contributed by atoms with Crippen LogP contribution in [0.25, 0.3) is 0 Å². The van der Waals surface area contributed by atoms with Gasteiger partial charge in [0.15, 0.2) is 18.2 Å². The van der Waals surface area contributed by atoms with Crippen molar-refractivity contribution in [3.63, 3.8) is 0 Å². The predicted octanol–water partition coefficient (Wildman–Crippen LogP) is 0.420. The molecule has 0 amide bonds. The quantitative estimate of drug-likeness (QED) is 0.479. The summed E-state index contributed by atoms with van der Waals surface area (Å²) in [6.45, 7) is 1.86. The van der Waals surface area contributed by atoms with E-state index in [0.717, 1.165) is 11.3 Å². The van der Waals surface area contributed by atoms with Crippen LogP contribution in [0.15, 0.2) is 53.3 Å². The predicted molar refractivity (Wildman–Crippen MR) is 68.0 cm³/mol. The minimum atomic E-state index is 0.238. The van der Waals surface area contributed by atoms with Gasteiger partial charge in [-0.25, -0.2) is 9.97 Å². The first kappa shape index (κ1) is 11.8. The SMILES string of the molecule is C/C(=N/N=C(N)c1cnccn1)c1ccc[nH+]c1. The first-order chi connectivity index (χ1) is 8.77. The summed E-state index contributed by atoms with van der Waals surface area (Å²) in [5, 5.41) is 8.00. The second kappa shape index (κ2) is 5.62. The van der Waals surface area contributed by atoms with E-state index < -0.39 is 0 Å². The molecular formula is C12H13N6+. The fourth-order valence-electron chi connectivity index (χ4n) is 1.29. The molecule has 0 aliphatic heterocycles. The van der Waals surface area contributed by atoms with Gasteiger partial charge in [-0.3, -0.25) is 4.98 Å². The van der Waals surface area contributed by atoms with Gasteiger partial charge in [0.1, 0.15) is 5.69 Å². The second-order valence-electron chi connectivity index (χ2n) is 3.55. The van der Waals surface area contributed by atoms with Gasteiger partial charge in [-0.15, -0.1) is 5.10 Å². The molecule has 2 rings (SSSR count).